The van der Waals surface area contributed by atoms with E-state index in [9.17, 15) is 0 Å². The first kappa shape index (κ1) is 7.08. The first-order chi connectivity index (χ1) is 5.12. The van der Waals surface area contributed by atoms with Gasteiger partial charge in [0.2, 0.25) is 0 Å². The number of rotatable bonds is 0. The summed E-state index contributed by atoms with van der Waals surface area (Å²) >= 11 is 0. The van der Waals surface area contributed by atoms with Crippen molar-refractivity contribution in [2.75, 3.05) is 6.61 Å². The van der Waals surface area contributed by atoms with Crippen molar-refractivity contribution in [1.29, 1.82) is 5.26 Å². The Balaban J connectivity index is 2.24. The van der Waals surface area contributed by atoms with Crippen LogP contribution in [-0.2, 0) is 9.47 Å². The van der Waals surface area contributed by atoms with Gasteiger partial charge in [-0.15, -0.1) is 0 Å². The highest BCUT2D eigenvalue weighted by molar-refractivity contribution is 5.23. The van der Waals surface area contributed by atoms with Crippen LogP contribution in [0.4, 0.5) is 0 Å². The van der Waals surface area contributed by atoms with Gasteiger partial charge in [0.1, 0.15) is 5.60 Å². The van der Waals surface area contributed by atoms with Crippen LogP contribution in [0, 0.1) is 11.3 Å². The van der Waals surface area contributed by atoms with Crippen molar-refractivity contribution in [2.45, 2.75) is 37.6 Å². The number of nitrogens with zero attached hydrogens (tertiary/aromatic N) is 1. The molecule has 0 saturated carbocycles. The molecule has 3 heteroatoms. The minimum Gasteiger partial charge on any atom is -0.372 e. The summed E-state index contributed by atoms with van der Waals surface area (Å²) in [5, 5.41) is 8.63. The molecule has 0 bridgehead atoms. The molecule has 2 fully saturated rings. The summed E-state index contributed by atoms with van der Waals surface area (Å²) in [6.07, 6.45) is 0.623. The van der Waals surface area contributed by atoms with E-state index in [0.717, 1.165) is 6.42 Å². The standard InChI is InChI=1S/C8H11NO2/c1-7(2)8(3-4-10-7)6(5-9)11-8/h6H,3-4H2,1-2H3. The van der Waals surface area contributed by atoms with Gasteiger partial charge in [0, 0.05) is 6.42 Å². The smallest absolute Gasteiger partial charge is 0.176 e. The second kappa shape index (κ2) is 1.77. The van der Waals surface area contributed by atoms with Crippen LogP contribution in [0.1, 0.15) is 20.3 Å². The van der Waals surface area contributed by atoms with Gasteiger partial charge in [-0.05, 0) is 13.8 Å². The maximum atomic E-state index is 8.63. The lowest BCUT2D eigenvalue weighted by molar-refractivity contribution is -0.00136. The minimum absolute atomic E-state index is 0.236. The lowest BCUT2D eigenvalue weighted by Gasteiger charge is -2.21. The molecule has 2 unspecified atom stereocenters. The highest BCUT2D eigenvalue weighted by Gasteiger charge is 2.69. The molecule has 0 aromatic carbocycles. The van der Waals surface area contributed by atoms with Gasteiger partial charge in [-0.1, -0.05) is 0 Å². The van der Waals surface area contributed by atoms with Gasteiger partial charge in [0.15, 0.2) is 6.10 Å². The van der Waals surface area contributed by atoms with Crippen LogP contribution in [-0.4, -0.2) is 23.9 Å². The Bertz CT molecular complexity index is 231. The lowest BCUT2D eigenvalue weighted by atomic mass is 9.88. The van der Waals surface area contributed by atoms with Crippen LogP contribution in [0.2, 0.25) is 0 Å². The molecule has 1 spiro atoms. The topological polar surface area (TPSA) is 45.5 Å². The van der Waals surface area contributed by atoms with Crippen molar-refractivity contribution in [1.82, 2.24) is 0 Å². The zero-order valence-electron chi connectivity index (χ0n) is 6.76. The highest BCUT2D eigenvalue weighted by atomic mass is 16.7. The van der Waals surface area contributed by atoms with Crippen LogP contribution < -0.4 is 0 Å². The third-order valence-electron chi connectivity index (χ3n) is 2.77. The third kappa shape index (κ3) is 0.688. The molecule has 0 aromatic rings. The van der Waals surface area contributed by atoms with Gasteiger partial charge in [-0.2, -0.15) is 5.26 Å². The fraction of sp³-hybridized carbons (Fsp3) is 0.875. The average molecular weight is 153 g/mol. The Kier molecular flexibility index (Phi) is 1.14. The normalized spacial score (nSPS) is 45.7. The molecule has 2 aliphatic rings. The van der Waals surface area contributed by atoms with Crippen molar-refractivity contribution >= 4 is 0 Å². The van der Waals surface area contributed by atoms with E-state index in [2.05, 4.69) is 6.07 Å². The van der Waals surface area contributed by atoms with Crippen molar-refractivity contribution in [3.05, 3.63) is 0 Å². The van der Waals surface area contributed by atoms with Gasteiger partial charge in [-0.25, -0.2) is 0 Å². The summed E-state index contributed by atoms with van der Waals surface area (Å²) in [5.74, 6) is 0. The van der Waals surface area contributed by atoms with E-state index in [0.29, 0.717) is 6.61 Å². The predicted octanol–water partition coefficient (Wildman–Crippen LogP) is 0.846. The maximum absolute atomic E-state index is 8.63. The fourth-order valence-electron chi connectivity index (χ4n) is 1.84. The molecule has 0 radical (unpaired) electrons. The molecule has 2 rings (SSSR count). The van der Waals surface area contributed by atoms with Crippen LogP contribution >= 0.6 is 0 Å². The summed E-state index contributed by atoms with van der Waals surface area (Å²) in [7, 11) is 0. The van der Waals surface area contributed by atoms with E-state index in [1.54, 1.807) is 0 Å². The van der Waals surface area contributed by atoms with E-state index in [4.69, 9.17) is 14.7 Å². The molecule has 2 saturated heterocycles. The number of epoxide rings is 1. The van der Waals surface area contributed by atoms with E-state index in [-0.39, 0.29) is 17.3 Å². The monoisotopic (exact) mass is 153 g/mol. The van der Waals surface area contributed by atoms with Crippen LogP contribution in [0.25, 0.3) is 0 Å². The van der Waals surface area contributed by atoms with E-state index < -0.39 is 0 Å². The minimum atomic E-state index is -0.276. The molecule has 0 amide bonds. The van der Waals surface area contributed by atoms with E-state index in [1.165, 1.54) is 0 Å². The first-order valence-electron chi connectivity index (χ1n) is 3.84. The number of hydrogen-bond acceptors (Lipinski definition) is 3. The molecule has 2 heterocycles. The Morgan fingerprint density at radius 3 is 2.64 bits per heavy atom. The van der Waals surface area contributed by atoms with Crippen LogP contribution in [0.5, 0.6) is 0 Å². The van der Waals surface area contributed by atoms with Crippen molar-refractivity contribution in [3.63, 3.8) is 0 Å². The zero-order valence-corrected chi connectivity index (χ0v) is 6.76. The molecular formula is C8H11NO2. The Labute approximate surface area is 65.9 Å². The SMILES string of the molecule is CC1(C)OCCC12OC2C#N. The quantitative estimate of drug-likeness (QED) is 0.484. The van der Waals surface area contributed by atoms with Crippen molar-refractivity contribution in [2.24, 2.45) is 0 Å². The van der Waals surface area contributed by atoms with Gasteiger partial charge < -0.3 is 9.47 Å². The predicted molar refractivity (Wildman–Crippen MR) is 37.9 cm³/mol. The molecule has 11 heavy (non-hydrogen) atoms. The fourth-order valence-corrected chi connectivity index (χ4v) is 1.84. The second-order valence-corrected chi connectivity index (χ2v) is 3.63. The summed E-state index contributed by atoms with van der Waals surface area (Å²) < 4.78 is 10.8. The van der Waals surface area contributed by atoms with Gasteiger partial charge >= 0.3 is 0 Å². The Morgan fingerprint density at radius 1 is 1.55 bits per heavy atom. The molecule has 3 nitrogen and oxygen atoms in total. The summed E-state index contributed by atoms with van der Waals surface area (Å²) in [4.78, 5) is 0. The van der Waals surface area contributed by atoms with Crippen molar-refractivity contribution < 1.29 is 9.47 Å². The largest absolute Gasteiger partial charge is 0.372 e. The van der Waals surface area contributed by atoms with Gasteiger partial charge in [0.05, 0.1) is 18.3 Å². The number of ether oxygens (including phenoxy) is 2. The molecule has 2 atom stereocenters. The third-order valence-corrected chi connectivity index (χ3v) is 2.77. The Morgan fingerprint density at radius 2 is 2.27 bits per heavy atom. The Hall–Kier alpha value is -0.590. The number of nitriles is 1. The molecule has 0 aromatic heterocycles. The molecule has 0 aliphatic carbocycles. The maximum Gasteiger partial charge on any atom is 0.176 e. The van der Waals surface area contributed by atoms with E-state index >= 15 is 0 Å². The lowest BCUT2D eigenvalue weighted by Crippen LogP contribution is -2.37. The summed E-state index contributed by atoms with van der Waals surface area (Å²) in [5.41, 5.74) is -0.546. The molecule has 2 aliphatic heterocycles. The van der Waals surface area contributed by atoms with Crippen LogP contribution in [0.3, 0.4) is 0 Å². The number of hydrogen-bond donors (Lipinski definition) is 0. The summed E-state index contributed by atoms with van der Waals surface area (Å²) in [6, 6.07) is 2.13. The van der Waals surface area contributed by atoms with E-state index in [1.807, 2.05) is 13.8 Å². The highest BCUT2D eigenvalue weighted by Crippen LogP contribution is 2.53. The first-order valence-corrected chi connectivity index (χ1v) is 3.84. The van der Waals surface area contributed by atoms with Crippen molar-refractivity contribution in [3.8, 4) is 6.07 Å². The molecular weight excluding hydrogens is 142 g/mol. The zero-order chi connectivity index (χ0) is 8.11. The summed E-state index contributed by atoms with van der Waals surface area (Å²) in [6.45, 7) is 4.68. The van der Waals surface area contributed by atoms with Gasteiger partial charge in [-0.3, -0.25) is 0 Å². The average Bonchev–Trinajstić information content (AvgIpc) is 2.56. The molecule has 0 N–H and O–H groups in total. The molecule has 60 valence electrons. The van der Waals surface area contributed by atoms with Crippen LogP contribution in [0.15, 0.2) is 0 Å². The second-order valence-electron chi connectivity index (χ2n) is 3.63. The van der Waals surface area contributed by atoms with Gasteiger partial charge in [0.25, 0.3) is 0 Å².